The number of carbonyl (C=O) groups excluding carboxylic acids is 2. The Morgan fingerprint density at radius 3 is 2.78 bits per heavy atom. The topological polar surface area (TPSA) is 78.4 Å². The van der Waals surface area contributed by atoms with Gasteiger partial charge >= 0.3 is 0 Å². The lowest BCUT2D eigenvalue weighted by molar-refractivity contribution is -0.137. The average Bonchev–Trinajstić information content (AvgIpc) is 2.57. The lowest BCUT2D eigenvalue weighted by atomic mass is 9.96. The molecule has 0 saturated carbocycles. The second-order valence-corrected chi connectivity index (χ2v) is 5.72. The molecule has 2 amide bonds. The van der Waals surface area contributed by atoms with Crippen LogP contribution in [-0.2, 0) is 9.59 Å². The first-order chi connectivity index (χ1) is 11.1. The fourth-order valence-corrected chi connectivity index (χ4v) is 2.94. The number of aromatic nitrogens is 2. The SMILES string of the molecule is CCN(CC)C(=O)C1CCCN(CC(=O)Nc2cnccn2)C1. The van der Waals surface area contributed by atoms with Crippen molar-refractivity contribution in [2.45, 2.75) is 26.7 Å². The molecule has 1 aliphatic heterocycles. The summed E-state index contributed by atoms with van der Waals surface area (Å²) in [5.41, 5.74) is 0. The van der Waals surface area contributed by atoms with E-state index >= 15 is 0 Å². The van der Waals surface area contributed by atoms with Crippen molar-refractivity contribution in [2.75, 3.05) is 38.0 Å². The summed E-state index contributed by atoms with van der Waals surface area (Å²) in [5.74, 6) is 0.522. The van der Waals surface area contributed by atoms with E-state index in [2.05, 4.69) is 15.3 Å². The van der Waals surface area contributed by atoms with E-state index in [9.17, 15) is 9.59 Å². The van der Waals surface area contributed by atoms with Gasteiger partial charge in [-0.2, -0.15) is 0 Å². The van der Waals surface area contributed by atoms with Crippen LogP contribution in [0.5, 0.6) is 0 Å². The lowest BCUT2D eigenvalue weighted by Crippen LogP contribution is -2.46. The van der Waals surface area contributed by atoms with E-state index in [-0.39, 0.29) is 24.3 Å². The van der Waals surface area contributed by atoms with E-state index < -0.39 is 0 Å². The zero-order valence-electron chi connectivity index (χ0n) is 13.9. The van der Waals surface area contributed by atoms with E-state index in [1.165, 1.54) is 12.4 Å². The summed E-state index contributed by atoms with van der Waals surface area (Å²) in [7, 11) is 0. The molecule has 7 nitrogen and oxygen atoms in total. The molecule has 23 heavy (non-hydrogen) atoms. The normalized spacial score (nSPS) is 18.4. The number of rotatable bonds is 6. The van der Waals surface area contributed by atoms with Gasteiger partial charge in [0.25, 0.3) is 0 Å². The predicted molar refractivity (Wildman–Crippen MR) is 87.8 cm³/mol. The summed E-state index contributed by atoms with van der Waals surface area (Å²) < 4.78 is 0. The van der Waals surface area contributed by atoms with Gasteiger partial charge in [-0.15, -0.1) is 0 Å². The summed E-state index contributed by atoms with van der Waals surface area (Å²) in [6.07, 6.45) is 6.45. The first-order valence-electron chi connectivity index (χ1n) is 8.21. The Kier molecular flexibility index (Phi) is 6.46. The minimum Gasteiger partial charge on any atom is -0.343 e. The maximum absolute atomic E-state index is 12.5. The van der Waals surface area contributed by atoms with E-state index in [1.807, 2.05) is 23.6 Å². The first kappa shape index (κ1) is 17.3. The number of nitrogens with zero attached hydrogens (tertiary/aromatic N) is 4. The highest BCUT2D eigenvalue weighted by molar-refractivity contribution is 5.91. The van der Waals surface area contributed by atoms with Crippen LogP contribution in [-0.4, -0.2) is 64.3 Å². The minimum absolute atomic E-state index is 0.00651. The number of hydrogen-bond donors (Lipinski definition) is 1. The Morgan fingerprint density at radius 1 is 1.35 bits per heavy atom. The first-order valence-corrected chi connectivity index (χ1v) is 8.21. The number of piperidine rings is 1. The molecular formula is C16H25N5O2. The van der Waals surface area contributed by atoms with Crippen molar-refractivity contribution in [3.8, 4) is 0 Å². The van der Waals surface area contributed by atoms with Gasteiger partial charge in [0.1, 0.15) is 0 Å². The number of anilines is 1. The Hall–Kier alpha value is -2.02. The highest BCUT2D eigenvalue weighted by Crippen LogP contribution is 2.18. The Morgan fingerprint density at radius 2 is 2.13 bits per heavy atom. The van der Waals surface area contributed by atoms with E-state index in [1.54, 1.807) is 6.20 Å². The maximum Gasteiger partial charge on any atom is 0.239 e. The van der Waals surface area contributed by atoms with Crippen molar-refractivity contribution in [1.29, 1.82) is 0 Å². The second-order valence-electron chi connectivity index (χ2n) is 5.72. The third kappa shape index (κ3) is 4.99. The Balaban J connectivity index is 1.86. The molecule has 1 fully saturated rings. The average molecular weight is 319 g/mol. The maximum atomic E-state index is 12.5. The van der Waals surface area contributed by atoms with Crippen LogP contribution in [0.25, 0.3) is 0 Å². The van der Waals surface area contributed by atoms with Gasteiger partial charge in [-0.25, -0.2) is 4.98 Å². The second kappa shape index (κ2) is 8.57. The number of carbonyl (C=O) groups is 2. The van der Waals surface area contributed by atoms with Crippen LogP contribution < -0.4 is 5.32 Å². The van der Waals surface area contributed by atoms with Crippen molar-refractivity contribution in [1.82, 2.24) is 19.8 Å². The van der Waals surface area contributed by atoms with Gasteiger partial charge in [-0.1, -0.05) is 0 Å². The molecule has 7 heteroatoms. The molecule has 2 rings (SSSR count). The van der Waals surface area contributed by atoms with Crippen molar-refractivity contribution < 1.29 is 9.59 Å². The van der Waals surface area contributed by atoms with Crippen LogP contribution >= 0.6 is 0 Å². The molecule has 1 N–H and O–H groups in total. The van der Waals surface area contributed by atoms with Crippen molar-refractivity contribution in [3.05, 3.63) is 18.6 Å². The smallest absolute Gasteiger partial charge is 0.239 e. The summed E-state index contributed by atoms with van der Waals surface area (Å²) in [5, 5.41) is 2.73. The molecule has 0 aromatic carbocycles. The fourth-order valence-electron chi connectivity index (χ4n) is 2.94. The molecule has 1 aromatic rings. The lowest BCUT2D eigenvalue weighted by Gasteiger charge is -2.34. The molecule has 1 atom stereocenters. The van der Waals surface area contributed by atoms with E-state index in [0.717, 1.165) is 32.5 Å². The molecule has 2 heterocycles. The summed E-state index contributed by atoms with van der Waals surface area (Å²) in [6.45, 7) is 7.22. The molecule has 126 valence electrons. The molecule has 0 radical (unpaired) electrons. The molecule has 1 unspecified atom stereocenters. The molecule has 0 spiro atoms. The molecule has 1 aliphatic rings. The van der Waals surface area contributed by atoms with Crippen LogP contribution in [0, 0.1) is 5.92 Å². The van der Waals surface area contributed by atoms with Gasteiger partial charge < -0.3 is 10.2 Å². The molecule has 0 bridgehead atoms. The highest BCUT2D eigenvalue weighted by Gasteiger charge is 2.29. The highest BCUT2D eigenvalue weighted by atomic mass is 16.2. The molecule has 1 aromatic heterocycles. The third-order valence-corrected chi connectivity index (χ3v) is 4.13. The summed E-state index contributed by atoms with van der Waals surface area (Å²) in [6, 6.07) is 0. The van der Waals surface area contributed by atoms with Crippen LogP contribution in [0.4, 0.5) is 5.82 Å². The van der Waals surface area contributed by atoms with Gasteiger partial charge in [0.15, 0.2) is 5.82 Å². The standard InChI is InChI=1S/C16H25N5O2/c1-3-21(4-2)16(23)13-6-5-9-20(11-13)12-15(22)19-14-10-17-7-8-18-14/h7-8,10,13H,3-6,9,11-12H2,1-2H3,(H,18,19,22). The molecule has 1 saturated heterocycles. The van der Waals surface area contributed by atoms with Gasteiger partial charge in [-0.3, -0.25) is 19.5 Å². The van der Waals surface area contributed by atoms with Gasteiger partial charge in [0.2, 0.25) is 11.8 Å². The third-order valence-electron chi connectivity index (χ3n) is 4.13. The Bertz CT molecular complexity index is 518. The summed E-state index contributed by atoms with van der Waals surface area (Å²) in [4.78, 5) is 36.4. The molecule has 0 aliphatic carbocycles. The van der Waals surface area contributed by atoms with E-state index in [4.69, 9.17) is 0 Å². The van der Waals surface area contributed by atoms with Gasteiger partial charge in [0.05, 0.1) is 18.7 Å². The summed E-state index contributed by atoms with van der Waals surface area (Å²) >= 11 is 0. The van der Waals surface area contributed by atoms with Gasteiger partial charge in [-0.05, 0) is 33.2 Å². The molecular weight excluding hydrogens is 294 g/mol. The van der Waals surface area contributed by atoms with E-state index in [0.29, 0.717) is 12.4 Å². The predicted octanol–water partition coefficient (Wildman–Crippen LogP) is 0.995. The van der Waals surface area contributed by atoms with Crippen LogP contribution in [0.3, 0.4) is 0 Å². The number of hydrogen-bond acceptors (Lipinski definition) is 5. The minimum atomic E-state index is -0.124. The number of likely N-dealkylation sites (tertiary alicyclic amines) is 1. The zero-order valence-corrected chi connectivity index (χ0v) is 13.9. The fraction of sp³-hybridized carbons (Fsp3) is 0.625. The van der Waals surface area contributed by atoms with Gasteiger partial charge in [0, 0.05) is 32.0 Å². The largest absolute Gasteiger partial charge is 0.343 e. The van der Waals surface area contributed by atoms with Crippen molar-refractivity contribution in [2.24, 2.45) is 5.92 Å². The van der Waals surface area contributed by atoms with Crippen LogP contribution in [0.15, 0.2) is 18.6 Å². The Labute approximate surface area is 137 Å². The zero-order chi connectivity index (χ0) is 16.7. The number of amides is 2. The van der Waals surface area contributed by atoms with Crippen LogP contribution in [0.2, 0.25) is 0 Å². The quantitative estimate of drug-likeness (QED) is 0.846. The number of nitrogens with one attached hydrogen (secondary N) is 1. The van der Waals surface area contributed by atoms with Crippen LogP contribution in [0.1, 0.15) is 26.7 Å². The van der Waals surface area contributed by atoms with Crippen molar-refractivity contribution in [3.63, 3.8) is 0 Å². The van der Waals surface area contributed by atoms with Crippen molar-refractivity contribution >= 4 is 17.6 Å². The monoisotopic (exact) mass is 319 g/mol.